The summed E-state index contributed by atoms with van der Waals surface area (Å²) < 4.78 is 48.1. The molecule has 2 nitrogen and oxygen atoms in total. The average molecular weight is 389 g/mol. The first-order chi connectivity index (χ1) is 10.9. The van der Waals surface area contributed by atoms with E-state index in [2.05, 4.69) is 20.7 Å². The maximum atomic E-state index is 12.7. The van der Waals surface area contributed by atoms with Gasteiger partial charge in [-0.05, 0) is 37.5 Å². The van der Waals surface area contributed by atoms with Crippen molar-refractivity contribution >= 4 is 21.5 Å². The molecule has 23 heavy (non-hydrogen) atoms. The molecule has 0 radical (unpaired) electrons. The molecule has 0 amide bonds. The normalized spacial score (nSPS) is 21.8. The van der Waals surface area contributed by atoms with E-state index in [1.165, 1.54) is 12.1 Å². The molecule has 1 aromatic carbocycles. The molecule has 1 aromatic rings. The van der Waals surface area contributed by atoms with Crippen LogP contribution in [0.2, 0.25) is 0 Å². The summed E-state index contributed by atoms with van der Waals surface area (Å²) in [4.78, 5) is 0. The van der Waals surface area contributed by atoms with Gasteiger partial charge in [-0.3, -0.25) is 0 Å². The molecule has 3 rings (SSSR count). The third kappa shape index (κ3) is 3.74. The Labute approximate surface area is 141 Å². The Bertz CT molecular complexity index is 660. The van der Waals surface area contributed by atoms with Crippen LogP contribution < -0.4 is 4.74 Å². The van der Waals surface area contributed by atoms with Crippen molar-refractivity contribution in [3.8, 4) is 5.75 Å². The lowest BCUT2D eigenvalue weighted by molar-refractivity contribution is -0.274. The summed E-state index contributed by atoms with van der Waals surface area (Å²) in [5.41, 5.74) is 2.10. The van der Waals surface area contributed by atoms with Gasteiger partial charge >= 0.3 is 6.36 Å². The van der Waals surface area contributed by atoms with Crippen LogP contribution in [0.4, 0.5) is 13.2 Å². The monoisotopic (exact) mass is 388 g/mol. The molecule has 1 unspecified atom stereocenters. The predicted octanol–water partition coefficient (Wildman–Crippen LogP) is 5.45. The number of halogens is 4. The second-order valence-electron chi connectivity index (χ2n) is 5.70. The number of rotatable bonds is 4. The molecule has 0 N–H and O–H groups in total. The Kier molecular flexibility index (Phi) is 4.45. The lowest BCUT2D eigenvalue weighted by Gasteiger charge is -2.27. The van der Waals surface area contributed by atoms with Crippen molar-refractivity contribution in [1.82, 2.24) is 0 Å². The van der Waals surface area contributed by atoms with Crippen LogP contribution in [0.3, 0.4) is 0 Å². The summed E-state index contributed by atoms with van der Waals surface area (Å²) in [6.45, 7) is 1.89. The van der Waals surface area contributed by atoms with Gasteiger partial charge in [0.1, 0.15) is 17.6 Å². The lowest BCUT2D eigenvalue weighted by Crippen LogP contribution is -2.20. The number of benzene rings is 1. The molecule has 0 saturated heterocycles. The van der Waals surface area contributed by atoms with E-state index in [1.807, 2.05) is 13.0 Å². The van der Waals surface area contributed by atoms with E-state index >= 15 is 0 Å². The SMILES string of the molecule is CC1C=C(c2ccccc2OC(F)(F)F)C(CBr)=C(C2CC2)O1. The Morgan fingerprint density at radius 1 is 1.26 bits per heavy atom. The van der Waals surface area contributed by atoms with Crippen molar-refractivity contribution in [2.45, 2.75) is 32.2 Å². The van der Waals surface area contributed by atoms with Crippen LogP contribution in [-0.2, 0) is 4.74 Å². The maximum Gasteiger partial charge on any atom is 0.573 e. The van der Waals surface area contributed by atoms with Gasteiger partial charge in [0.15, 0.2) is 0 Å². The summed E-state index contributed by atoms with van der Waals surface area (Å²) in [6, 6.07) is 6.24. The first-order valence-corrected chi connectivity index (χ1v) is 8.54. The second-order valence-corrected chi connectivity index (χ2v) is 6.26. The largest absolute Gasteiger partial charge is 0.573 e. The van der Waals surface area contributed by atoms with Crippen LogP contribution in [0.1, 0.15) is 25.3 Å². The average Bonchev–Trinajstić information content (AvgIpc) is 3.30. The molecule has 6 heteroatoms. The highest BCUT2D eigenvalue weighted by Gasteiger charge is 2.36. The molecule has 124 valence electrons. The fourth-order valence-electron chi connectivity index (χ4n) is 2.75. The van der Waals surface area contributed by atoms with Gasteiger partial charge < -0.3 is 9.47 Å². The maximum absolute atomic E-state index is 12.7. The number of para-hydroxylation sites is 1. The minimum atomic E-state index is -4.72. The van der Waals surface area contributed by atoms with E-state index in [1.54, 1.807) is 12.1 Å². The molecule has 0 aromatic heterocycles. The van der Waals surface area contributed by atoms with E-state index in [0.717, 1.165) is 29.7 Å². The molecule has 1 fully saturated rings. The predicted molar refractivity (Wildman–Crippen MR) is 85.2 cm³/mol. The van der Waals surface area contributed by atoms with Crippen molar-refractivity contribution < 1.29 is 22.6 Å². The zero-order valence-electron chi connectivity index (χ0n) is 12.5. The van der Waals surface area contributed by atoms with E-state index in [9.17, 15) is 13.2 Å². The molecule has 1 atom stereocenters. The smallest absolute Gasteiger partial charge is 0.490 e. The molecule has 0 spiro atoms. The van der Waals surface area contributed by atoms with Crippen molar-refractivity contribution in [2.24, 2.45) is 5.92 Å². The summed E-state index contributed by atoms with van der Waals surface area (Å²) in [6.07, 6.45) is -0.923. The highest BCUT2D eigenvalue weighted by atomic mass is 79.9. The minimum absolute atomic E-state index is 0.178. The number of hydrogen-bond acceptors (Lipinski definition) is 2. The Balaban J connectivity index is 2.06. The van der Waals surface area contributed by atoms with Crippen LogP contribution >= 0.6 is 15.9 Å². The topological polar surface area (TPSA) is 18.5 Å². The molecule has 1 aliphatic carbocycles. The summed E-state index contributed by atoms with van der Waals surface area (Å²) in [5.74, 6) is 1.09. The number of alkyl halides is 4. The first-order valence-electron chi connectivity index (χ1n) is 7.42. The van der Waals surface area contributed by atoms with Crippen molar-refractivity contribution in [3.05, 3.63) is 47.2 Å². The van der Waals surface area contributed by atoms with Gasteiger partial charge in [0.25, 0.3) is 0 Å². The summed E-state index contributed by atoms with van der Waals surface area (Å²) in [7, 11) is 0. The van der Waals surface area contributed by atoms with Crippen molar-refractivity contribution in [1.29, 1.82) is 0 Å². The molecule has 2 aliphatic rings. The fraction of sp³-hybridized carbons (Fsp3) is 0.412. The highest BCUT2D eigenvalue weighted by Crippen LogP contribution is 2.46. The van der Waals surface area contributed by atoms with E-state index in [0.29, 0.717) is 16.8 Å². The van der Waals surface area contributed by atoms with E-state index in [4.69, 9.17) is 4.74 Å². The van der Waals surface area contributed by atoms with Crippen LogP contribution in [-0.4, -0.2) is 17.8 Å². The Morgan fingerprint density at radius 2 is 1.96 bits per heavy atom. The fourth-order valence-corrected chi connectivity index (χ4v) is 3.33. The zero-order valence-corrected chi connectivity index (χ0v) is 14.1. The number of hydrogen-bond donors (Lipinski definition) is 0. The van der Waals surface area contributed by atoms with Gasteiger partial charge in [-0.1, -0.05) is 34.1 Å². The summed E-state index contributed by atoms with van der Waals surface area (Å²) in [5, 5.41) is 0.526. The molecule has 1 aliphatic heterocycles. The van der Waals surface area contributed by atoms with E-state index < -0.39 is 6.36 Å². The van der Waals surface area contributed by atoms with Gasteiger partial charge in [0.2, 0.25) is 0 Å². The molecular weight excluding hydrogens is 373 g/mol. The van der Waals surface area contributed by atoms with Crippen LogP contribution in [0, 0.1) is 5.92 Å². The molecule has 1 heterocycles. The highest BCUT2D eigenvalue weighted by molar-refractivity contribution is 9.09. The molecular formula is C17H16BrF3O2. The standard InChI is InChI=1S/C17H16BrF3O2/c1-10-8-13(14(9-18)16(22-10)11-6-7-11)12-4-2-3-5-15(12)23-17(19,20)21/h2-5,8,10-11H,6-7,9H2,1H3. The van der Waals surface area contributed by atoms with Gasteiger partial charge in [0, 0.05) is 22.4 Å². The van der Waals surface area contributed by atoms with Crippen LogP contribution in [0.5, 0.6) is 5.75 Å². The minimum Gasteiger partial charge on any atom is -0.490 e. The quantitative estimate of drug-likeness (QED) is 0.638. The molecule has 1 saturated carbocycles. The Hall–Kier alpha value is -1.43. The van der Waals surface area contributed by atoms with Crippen LogP contribution in [0.15, 0.2) is 41.7 Å². The third-order valence-electron chi connectivity index (χ3n) is 3.82. The van der Waals surface area contributed by atoms with Gasteiger partial charge in [-0.2, -0.15) is 0 Å². The first kappa shape index (κ1) is 16.4. The third-order valence-corrected chi connectivity index (χ3v) is 4.38. The van der Waals surface area contributed by atoms with Crippen molar-refractivity contribution in [3.63, 3.8) is 0 Å². The van der Waals surface area contributed by atoms with Gasteiger partial charge in [-0.25, -0.2) is 0 Å². The van der Waals surface area contributed by atoms with Gasteiger partial charge in [-0.15, -0.1) is 13.2 Å². The van der Waals surface area contributed by atoms with E-state index in [-0.39, 0.29) is 11.9 Å². The zero-order chi connectivity index (χ0) is 16.6. The van der Waals surface area contributed by atoms with Crippen LogP contribution in [0.25, 0.3) is 5.57 Å². The second kappa shape index (κ2) is 6.23. The summed E-state index contributed by atoms with van der Waals surface area (Å²) >= 11 is 3.45. The lowest BCUT2D eigenvalue weighted by atomic mass is 9.93. The molecule has 0 bridgehead atoms. The number of ether oxygens (including phenoxy) is 2. The van der Waals surface area contributed by atoms with Crippen molar-refractivity contribution in [2.75, 3.05) is 5.33 Å². The Morgan fingerprint density at radius 3 is 2.57 bits per heavy atom. The van der Waals surface area contributed by atoms with Gasteiger partial charge in [0.05, 0.1) is 0 Å². The number of allylic oxidation sites excluding steroid dienone is 3.